The van der Waals surface area contributed by atoms with Gasteiger partial charge in [-0.05, 0) is 19.1 Å². The Morgan fingerprint density at radius 1 is 1.29 bits per heavy atom. The third-order valence-corrected chi connectivity index (χ3v) is 6.52. The number of thiazole rings is 1. The van der Waals surface area contributed by atoms with E-state index in [1.54, 1.807) is 12.4 Å². The molecule has 1 aliphatic heterocycles. The SMILES string of the molecule is Cc1nc(-c2cccnc2)sc1-c1nnc2c(n1)/C(=N/O)CCN2S(C)(=O)=O. The monoisotopic (exact) mass is 417 g/mol. The molecule has 10 nitrogen and oxygen atoms in total. The van der Waals surface area contributed by atoms with Crippen molar-refractivity contribution in [2.24, 2.45) is 5.16 Å². The van der Waals surface area contributed by atoms with Crippen molar-refractivity contribution in [3.8, 4) is 21.3 Å². The van der Waals surface area contributed by atoms with Gasteiger partial charge in [-0.1, -0.05) is 5.16 Å². The molecule has 0 unspecified atom stereocenters. The zero-order chi connectivity index (χ0) is 19.9. The average Bonchev–Trinajstić information content (AvgIpc) is 3.08. The molecule has 0 radical (unpaired) electrons. The molecule has 144 valence electrons. The van der Waals surface area contributed by atoms with Crippen molar-refractivity contribution < 1.29 is 13.6 Å². The molecule has 4 rings (SSSR count). The zero-order valence-corrected chi connectivity index (χ0v) is 16.6. The molecule has 0 fully saturated rings. The molecule has 0 aromatic carbocycles. The van der Waals surface area contributed by atoms with Gasteiger partial charge >= 0.3 is 0 Å². The van der Waals surface area contributed by atoms with Crippen LogP contribution >= 0.6 is 11.3 Å². The highest BCUT2D eigenvalue weighted by Gasteiger charge is 2.32. The second-order valence-electron chi connectivity index (χ2n) is 6.11. The van der Waals surface area contributed by atoms with E-state index in [9.17, 15) is 13.6 Å². The van der Waals surface area contributed by atoms with Crippen LogP contribution in [0.2, 0.25) is 0 Å². The molecule has 1 N–H and O–H groups in total. The van der Waals surface area contributed by atoms with E-state index in [1.807, 2.05) is 19.1 Å². The lowest BCUT2D eigenvalue weighted by Crippen LogP contribution is -2.38. The van der Waals surface area contributed by atoms with Gasteiger partial charge in [-0.15, -0.1) is 21.5 Å². The first-order valence-electron chi connectivity index (χ1n) is 8.20. The molecular weight excluding hydrogens is 402 g/mol. The number of hydrogen-bond acceptors (Lipinski definition) is 10. The van der Waals surface area contributed by atoms with Crippen molar-refractivity contribution in [3.63, 3.8) is 0 Å². The quantitative estimate of drug-likeness (QED) is 0.503. The number of hydrogen-bond donors (Lipinski definition) is 1. The summed E-state index contributed by atoms with van der Waals surface area (Å²) in [5, 5.41) is 21.5. The second kappa shape index (κ2) is 6.87. The van der Waals surface area contributed by atoms with Crippen LogP contribution in [0.25, 0.3) is 21.3 Å². The highest BCUT2D eigenvalue weighted by Crippen LogP contribution is 2.34. The van der Waals surface area contributed by atoms with Crippen LogP contribution in [-0.4, -0.2) is 57.3 Å². The predicted molar refractivity (Wildman–Crippen MR) is 104 cm³/mol. The topological polar surface area (TPSA) is 134 Å². The minimum atomic E-state index is -3.55. The molecule has 1 aliphatic rings. The fourth-order valence-corrected chi connectivity index (χ4v) is 4.69. The minimum absolute atomic E-state index is 0.0555. The third-order valence-electron chi connectivity index (χ3n) is 4.16. The molecule has 0 amide bonds. The summed E-state index contributed by atoms with van der Waals surface area (Å²) in [6.45, 7) is 1.95. The van der Waals surface area contributed by atoms with E-state index >= 15 is 0 Å². The van der Waals surface area contributed by atoms with Crippen LogP contribution in [0.4, 0.5) is 5.82 Å². The van der Waals surface area contributed by atoms with Crippen LogP contribution in [-0.2, 0) is 10.0 Å². The van der Waals surface area contributed by atoms with Crippen molar-refractivity contribution in [1.82, 2.24) is 25.1 Å². The maximum Gasteiger partial charge on any atom is 0.233 e. The molecule has 0 bridgehead atoms. The Labute approximate surface area is 164 Å². The number of anilines is 1. The van der Waals surface area contributed by atoms with Crippen molar-refractivity contribution in [2.45, 2.75) is 13.3 Å². The zero-order valence-electron chi connectivity index (χ0n) is 14.9. The maximum absolute atomic E-state index is 12.0. The lowest BCUT2D eigenvalue weighted by atomic mass is 10.1. The normalized spacial score (nSPS) is 15.6. The highest BCUT2D eigenvalue weighted by atomic mass is 32.2. The molecule has 0 atom stereocenters. The third kappa shape index (κ3) is 3.20. The molecule has 0 saturated heterocycles. The van der Waals surface area contributed by atoms with Crippen LogP contribution in [0, 0.1) is 6.92 Å². The molecule has 3 aromatic rings. The van der Waals surface area contributed by atoms with Gasteiger partial charge < -0.3 is 5.21 Å². The number of nitrogens with zero attached hydrogens (tertiary/aromatic N) is 7. The molecule has 28 heavy (non-hydrogen) atoms. The van der Waals surface area contributed by atoms with E-state index < -0.39 is 10.0 Å². The molecule has 12 heteroatoms. The summed E-state index contributed by atoms with van der Waals surface area (Å²) in [7, 11) is -3.55. The van der Waals surface area contributed by atoms with E-state index in [0.29, 0.717) is 16.4 Å². The first kappa shape index (κ1) is 18.4. The van der Waals surface area contributed by atoms with Crippen LogP contribution in [0.1, 0.15) is 17.8 Å². The summed E-state index contributed by atoms with van der Waals surface area (Å²) in [5.74, 6) is 0.348. The first-order chi connectivity index (χ1) is 13.4. The lowest BCUT2D eigenvalue weighted by molar-refractivity contribution is 0.317. The number of fused-ring (bicyclic) bond motifs is 1. The number of rotatable bonds is 3. The number of oxime groups is 1. The van der Waals surface area contributed by atoms with E-state index in [0.717, 1.165) is 21.1 Å². The summed E-state index contributed by atoms with van der Waals surface area (Å²) < 4.78 is 25.2. The van der Waals surface area contributed by atoms with Gasteiger partial charge in [0.05, 0.1) is 16.8 Å². The fraction of sp³-hybridized carbons (Fsp3) is 0.250. The molecule has 0 aliphatic carbocycles. The largest absolute Gasteiger partial charge is 0.411 e. The van der Waals surface area contributed by atoms with Gasteiger partial charge in [0.2, 0.25) is 10.0 Å². The predicted octanol–water partition coefficient (Wildman–Crippen LogP) is 1.71. The number of aryl methyl sites for hydroxylation is 1. The van der Waals surface area contributed by atoms with Crippen molar-refractivity contribution in [2.75, 3.05) is 17.1 Å². The van der Waals surface area contributed by atoms with Crippen LogP contribution in [0.3, 0.4) is 0 Å². The smallest absolute Gasteiger partial charge is 0.233 e. The lowest BCUT2D eigenvalue weighted by Gasteiger charge is -2.26. The van der Waals surface area contributed by atoms with Gasteiger partial charge in [0.15, 0.2) is 11.6 Å². The van der Waals surface area contributed by atoms with Gasteiger partial charge in [0.1, 0.15) is 16.4 Å². The standard InChI is InChI=1S/C16H15N7O3S2/c1-9-13(27-16(18-9)10-4-3-6-17-8-10)14-19-12-11(22-24)5-7-23(28(2,25)26)15(12)21-20-14/h3-4,6,8,24H,5,7H2,1-2H3/b22-11+. The average molecular weight is 417 g/mol. The Bertz CT molecular complexity index is 1180. The molecule has 4 heterocycles. The fourth-order valence-electron chi connectivity index (χ4n) is 2.85. The summed E-state index contributed by atoms with van der Waals surface area (Å²) in [6, 6.07) is 3.73. The Kier molecular flexibility index (Phi) is 4.51. The van der Waals surface area contributed by atoms with Gasteiger partial charge in [-0.25, -0.2) is 18.4 Å². The summed E-state index contributed by atoms with van der Waals surface area (Å²) in [5.41, 5.74) is 2.04. The molecule has 0 saturated carbocycles. The number of sulfonamides is 1. The van der Waals surface area contributed by atoms with Crippen molar-refractivity contribution >= 4 is 32.9 Å². The van der Waals surface area contributed by atoms with Gasteiger partial charge in [-0.2, -0.15) is 0 Å². The van der Waals surface area contributed by atoms with E-state index in [-0.39, 0.29) is 30.2 Å². The van der Waals surface area contributed by atoms with Gasteiger partial charge in [-0.3, -0.25) is 9.29 Å². The van der Waals surface area contributed by atoms with E-state index in [2.05, 4.69) is 30.3 Å². The van der Waals surface area contributed by atoms with Crippen LogP contribution < -0.4 is 4.31 Å². The van der Waals surface area contributed by atoms with Gasteiger partial charge in [0.25, 0.3) is 0 Å². The maximum atomic E-state index is 12.0. The molecular formula is C16H15N7O3S2. The van der Waals surface area contributed by atoms with Gasteiger partial charge in [0, 0.05) is 30.9 Å². The van der Waals surface area contributed by atoms with Crippen molar-refractivity contribution in [3.05, 3.63) is 35.9 Å². The van der Waals surface area contributed by atoms with E-state index in [1.165, 1.54) is 11.3 Å². The summed E-state index contributed by atoms with van der Waals surface area (Å²) in [6.07, 6.45) is 4.71. The first-order valence-corrected chi connectivity index (χ1v) is 10.9. The summed E-state index contributed by atoms with van der Waals surface area (Å²) >= 11 is 1.38. The summed E-state index contributed by atoms with van der Waals surface area (Å²) in [4.78, 5) is 13.8. The Morgan fingerprint density at radius 3 is 2.79 bits per heavy atom. The molecule has 0 spiro atoms. The van der Waals surface area contributed by atoms with Crippen molar-refractivity contribution in [1.29, 1.82) is 0 Å². The van der Waals surface area contributed by atoms with Crippen LogP contribution in [0.5, 0.6) is 0 Å². The number of aromatic nitrogens is 5. The Hall–Kier alpha value is -2.99. The minimum Gasteiger partial charge on any atom is -0.411 e. The van der Waals surface area contributed by atoms with Crippen LogP contribution in [0.15, 0.2) is 29.7 Å². The number of pyridine rings is 1. The molecule has 3 aromatic heterocycles. The van der Waals surface area contributed by atoms with E-state index in [4.69, 9.17) is 0 Å². The highest BCUT2D eigenvalue weighted by molar-refractivity contribution is 7.92. The second-order valence-corrected chi connectivity index (χ2v) is 9.02. The Morgan fingerprint density at radius 2 is 2.11 bits per heavy atom. The Balaban J connectivity index is 1.82.